The molecular weight excluding hydrogens is 274 g/mol. The molecule has 0 spiro atoms. The van der Waals surface area contributed by atoms with E-state index < -0.39 is 0 Å². The molecule has 0 aromatic carbocycles. The van der Waals surface area contributed by atoms with Gasteiger partial charge in [-0.15, -0.1) is 0 Å². The van der Waals surface area contributed by atoms with E-state index in [1.807, 2.05) is 4.90 Å². The van der Waals surface area contributed by atoms with Gasteiger partial charge in [0, 0.05) is 45.1 Å². The molecule has 8 heteroatoms. The van der Waals surface area contributed by atoms with Crippen LogP contribution in [-0.4, -0.2) is 47.4 Å². The second-order valence-corrected chi connectivity index (χ2v) is 5.02. The summed E-state index contributed by atoms with van der Waals surface area (Å²) in [7, 11) is 1.60. The van der Waals surface area contributed by atoms with Gasteiger partial charge in [-0.3, -0.25) is 4.79 Å². The molecule has 1 saturated carbocycles. The van der Waals surface area contributed by atoms with Gasteiger partial charge in [0.15, 0.2) is 5.82 Å². The van der Waals surface area contributed by atoms with E-state index >= 15 is 0 Å². The van der Waals surface area contributed by atoms with Gasteiger partial charge in [0.05, 0.1) is 6.61 Å². The van der Waals surface area contributed by atoms with E-state index in [4.69, 9.17) is 15.7 Å². The van der Waals surface area contributed by atoms with Crippen LogP contribution in [0.5, 0.6) is 0 Å². The lowest BCUT2D eigenvalue weighted by atomic mass is 10.3. The molecule has 0 aliphatic heterocycles. The van der Waals surface area contributed by atoms with Crippen LogP contribution in [0.2, 0.25) is 0 Å². The number of amidine groups is 1. The van der Waals surface area contributed by atoms with Crippen molar-refractivity contribution in [2.45, 2.75) is 25.3 Å². The molecule has 1 aliphatic carbocycles. The van der Waals surface area contributed by atoms with Crippen molar-refractivity contribution in [2.24, 2.45) is 10.9 Å². The third kappa shape index (κ3) is 3.94. The molecule has 21 heavy (non-hydrogen) atoms. The van der Waals surface area contributed by atoms with Crippen molar-refractivity contribution in [3.63, 3.8) is 0 Å². The molecule has 1 fully saturated rings. The van der Waals surface area contributed by atoms with Gasteiger partial charge < -0.3 is 25.1 Å². The molecule has 1 aliphatic rings. The van der Waals surface area contributed by atoms with Crippen LogP contribution >= 0.6 is 0 Å². The summed E-state index contributed by atoms with van der Waals surface area (Å²) in [5, 5.41) is 11.6. The average molecular weight is 295 g/mol. The van der Waals surface area contributed by atoms with E-state index in [-0.39, 0.29) is 11.4 Å². The first kappa shape index (κ1) is 15.3. The Labute approximate surface area is 122 Å². The fourth-order valence-corrected chi connectivity index (χ4v) is 2.10. The number of anilines is 1. The topological polar surface area (TPSA) is 106 Å². The molecular formula is C13H21N5O3. The Morgan fingerprint density at radius 2 is 2.38 bits per heavy atom. The normalized spacial score (nSPS) is 15.2. The summed E-state index contributed by atoms with van der Waals surface area (Å²) in [6.07, 6.45) is 5.77. The second kappa shape index (κ2) is 7.07. The molecule has 0 amide bonds. The maximum atomic E-state index is 12.5. The van der Waals surface area contributed by atoms with E-state index in [2.05, 4.69) is 10.1 Å². The average Bonchev–Trinajstić information content (AvgIpc) is 3.32. The smallest absolute Gasteiger partial charge is 0.293 e. The largest absolute Gasteiger partial charge is 0.409 e. The number of hydrogen-bond acceptors (Lipinski definition) is 6. The van der Waals surface area contributed by atoms with Gasteiger partial charge in [0.25, 0.3) is 5.56 Å². The highest BCUT2D eigenvalue weighted by Crippen LogP contribution is 2.33. The first-order chi connectivity index (χ1) is 10.2. The summed E-state index contributed by atoms with van der Waals surface area (Å²) < 4.78 is 6.80. The summed E-state index contributed by atoms with van der Waals surface area (Å²) in [4.78, 5) is 18.5. The first-order valence-corrected chi connectivity index (χ1v) is 6.94. The minimum absolute atomic E-state index is 0.101. The van der Waals surface area contributed by atoms with Gasteiger partial charge in [-0.1, -0.05) is 5.16 Å². The van der Waals surface area contributed by atoms with E-state index in [1.54, 1.807) is 24.1 Å². The third-order valence-corrected chi connectivity index (χ3v) is 3.42. The second-order valence-electron chi connectivity index (χ2n) is 5.02. The van der Waals surface area contributed by atoms with E-state index in [9.17, 15) is 4.79 Å². The van der Waals surface area contributed by atoms with Gasteiger partial charge in [-0.05, 0) is 12.8 Å². The standard InChI is InChI=1S/C13H21N5O3/c1-21-9-8-17(6-4-11(14)16-20)12-13(19)18(7-5-15-12)10-2-3-10/h5,7,10,20H,2-4,6,8-9H2,1H3,(H2,14,16). The van der Waals surface area contributed by atoms with Crippen LogP contribution in [0.3, 0.4) is 0 Å². The van der Waals surface area contributed by atoms with E-state index in [0.29, 0.717) is 38.0 Å². The highest BCUT2D eigenvalue weighted by molar-refractivity contribution is 5.80. The summed E-state index contributed by atoms with van der Waals surface area (Å²) in [6.45, 7) is 1.43. The highest BCUT2D eigenvalue weighted by atomic mass is 16.5. The van der Waals surface area contributed by atoms with E-state index in [1.165, 1.54) is 0 Å². The quantitative estimate of drug-likeness (QED) is 0.306. The summed E-state index contributed by atoms with van der Waals surface area (Å²) in [6, 6.07) is 0.299. The zero-order valence-corrected chi connectivity index (χ0v) is 12.1. The Kier molecular flexibility index (Phi) is 5.15. The van der Waals surface area contributed by atoms with Crippen molar-refractivity contribution in [1.29, 1.82) is 0 Å². The van der Waals surface area contributed by atoms with Gasteiger partial charge in [0.2, 0.25) is 0 Å². The predicted octanol–water partition coefficient (Wildman–Crippen LogP) is 0.168. The lowest BCUT2D eigenvalue weighted by Crippen LogP contribution is -2.37. The number of hydrogen-bond donors (Lipinski definition) is 2. The zero-order chi connectivity index (χ0) is 15.2. The highest BCUT2D eigenvalue weighted by Gasteiger charge is 2.26. The Bertz CT molecular complexity index is 553. The van der Waals surface area contributed by atoms with Crippen LogP contribution in [0.15, 0.2) is 22.3 Å². The number of ether oxygens (including phenoxy) is 1. The maximum Gasteiger partial charge on any atom is 0.293 e. The van der Waals surface area contributed by atoms with Crippen molar-refractivity contribution in [2.75, 3.05) is 31.7 Å². The number of oxime groups is 1. The number of nitrogens with zero attached hydrogens (tertiary/aromatic N) is 4. The minimum atomic E-state index is -0.101. The first-order valence-electron chi connectivity index (χ1n) is 6.94. The summed E-state index contributed by atoms with van der Waals surface area (Å²) in [5.41, 5.74) is 5.39. The maximum absolute atomic E-state index is 12.5. The lowest BCUT2D eigenvalue weighted by Gasteiger charge is -2.23. The van der Waals surface area contributed by atoms with Gasteiger partial charge in [-0.2, -0.15) is 0 Å². The zero-order valence-electron chi connectivity index (χ0n) is 12.1. The van der Waals surface area contributed by atoms with Crippen LogP contribution in [0.4, 0.5) is 5.82 Å². The Hall–Kier alpha value is -2.09. The number of nitrogens with two attached hydrogens (primary N) is 1. The minimum Gasteiger partial charge on any atom is -0.409 e. The van der Waals surface area contributed by atoms with Crippen molar-refractivity contribution in [3.8, 4) is 0 Å². The molecule has 1 aromatic rings. The number of rotatable bonds is 8. The fourth-order valence-electron chi connectivity index (χ4n) is 2.10. The SMILES string of the molecule is COCCN(CCC(N)=NO)c1nccn(C2CC2)c1=O. The van der Waals surface area contributed by atoms with Gasteiger partial charge in [0.1, 0.15) is 5.84 Å². The molecule has 1 aromatic heterocycles. The van der Waals surface area contributed by atoms with Crippen LogP contribution in [-0.2, 0) is 4.74 Å². The van der Waals surface area contributed by atoms with Crippen molar-refractivity contribution >= 4 is 11.7 Å². The lowest BCUT2D eigenvalue weighted by molar-refractivity contribution is 0.205. The van der Waals surface area contributed by atoms with Crippen LogP contribution < -0.4 is 16.2 Å². The number of methoxy groups -OCH3 is 1. The molecule has 0 unspecified atom stereocenters. The van der Waals surface area contributed by atoms with Crippen LogP contribution in [0, 0.1) is 0 Å². The molecule has 3 N–H and O–H groups in total. The molecule has 0 bridgehead atoms. The van der Waals surface area contributed by atoms with Crippen molar-refractivity contribution in [3.05, 3.63) is 22.7 Å². The van der Waals surface area contributed by atoms with Gasteiger partial charge in [-0.25, -0.2) is 4.98 Å². The van der Waals surface area contributed by atoms with Crippen molar-refractivity contribution in [1.82, 2.24) is 9.55 Å². The fraction of sp³-hybridized carbons (Fsp3) is 0.615. The monoisotopic (exact) mass is 295 g/mol. The Balaban J connectivity index is 2.18. The Morgan fingerprint density at radius 3 is 3.00 bits per heavy atom. The summed E-state index contributed by atoms with van der Waals surface area (Å²) in [5.74, 6) is 0.503. The molecule has 0 saturated heterocycles. The number of aromatic nitrogens is 2. The molecule has 1 heterocycles. The molecule has 116 valence electrons. The Morgan fingerprint density at radius 1 is 1.62 bits per heavy atom. The van der Waals surface area contributed by atoms with Crippen LogP contribution in [0.1, 0.15) is 25.3 Å². The van der Waals surface area contributed by atoms with Gasteiger partial charge >= 0.3 is 0 Å². The van der Waals surface area contributed by atoms with Crippen LogP contribution in [0.25, 0.3) is 0 Å². The molecule has 0 radical (unpaired) electrons. The van der Waals surface area contributed by atoms with E-state index in [0.717, 1.165) is 12.8 Å². The predicted molar refractivity (Wildman–Crippen MR) is 78.9 cm³/mol. The molecule has 0 atom stereocenters. The third-order valence-electron chi connectivity index (χ3n) is 3.42. The summed E-state index contributed by atoms with van der Waals surface area (Å²) >= 11 is 0. The van der Waals surface area contributed by atoms with Crippen molar-refractivity contribution < 1.29 is 9.94 Å². The molecule has 8 nitrogen and oxygen atoms in total. The molecule has 2 rings (SSSR count).